The van der Waals surface area contributed by atoms with Crippen molar-refractivity contribution in [2.75, 3.05) is 29.9 Å². The van der Waals surface area contributed by atoms with Crippen molar-refractivity contribution in [1.82, 2.24) is 25.0 Å². The fraction of sp³-hybridized carbons (Fsp3) is 0.400. The van der Waals surface area contributed by atoms with Gasteiger partial charge in [-0.15, -0.1) is 18.3 Å². The first-order valence-electron chi connectivity index (χ1n) is 7.56. The van der Waals surface area contributed by atoms with E-state index in [2.05, 4.69) is 38.8 Å². The highest BCUT2D eigenvalue weighted by atomic mass is 16.1. The zero-order valence-corrected chi connectivity index (χ0v) is 12.9. The molecule has 0 saturated carbocycles. The van der Waals surface area contributed by atoms with Gasteiger partial charge in [0.25, 0.3) is 0 Å². The Balaban J connectivity index is 2.02. The van der Waals surface area contributed by atoms with Gasteiger partial charge in [-0.3, -0.25) is 4.79 Å². The number of rotatable bonds is 6. The summed E-state index contributed by atoms with van der Waals surface area (Å²) in [7, 11) is 0. The van der Waals surface area contributed by atoms with Crippen LogP contribution in [0.3, 0.4) is 0 Å². The largest absolute Gasteiger partial charge is 0.365 e. The molecule has 1 fully saturated rings. The molecule has 3 heterocycles. The molecule has 1 N–H and O–H groups in total. The lowest BCUT2D eigenvalue weighted by Crippen LogP contribution is -2.35. The molecule has 1 aliphatic rings. The van der Waals surface area contributed by atoms with E-state index in [9.17, 15) is 4.79 Å². The zero-order chi connectivity index (χ0) is 16.2. The second kappa shape index (κ2) is 6.55. The third-order valence-electron chi connectivity index (χ3n) is 3.67. The van der Waals surface area contributed by atoms with Crippen LogP contribution in [0.2, 0.25) is 0 Å². The highest BCUT2D eigenvalue weighted by Crippen LogP contribution is 2.23. The molecular formula is C15H19N7O. The van der Waals surface area contributed by atoms with E-state index in [4.69, 9.17) is 0 Å². The highest BCUT2D eigenvalue weighted by Gasteiger charge is 2.21. The van der Waals surface area contributed by atoms with Crippen molar-refractivity contribution in [3.63, 3.8) is 0 Å². The standard InChI is InChI=1S/C15H19N7O/c1-3-7-16-13-12-14(22(8-4-2)20-19-12)18-15(17-13)21-9-5-11(23)6-10-21/h3-4H,1-2,5-10H2,(H,16,17,18). The van der Waals surface area contributed by atoms with Crippen LogP contribution < -0.4 is 10.2 Å². The number of nitrogens with zero attached hydrogens (tertiary/aromatic N) is 6. The number of piperidine rings is 1. The Labute approximate surface area is 133 Å². The molecule has 1 aliphatic heterocycles. The monoisotopic (exact) mass is 313 g/mol. The van der Waals surface area contributed by atoms with Crippen LogP contribution in [0.1, 0.15) is 12.8 Å². The van der Waals surface area contributed by atoms with E-state index in [1.165, 1.54) is 0 Å². The van der Waals surface area contributed by atoms with E-state index < -0.39 is 0 Å². The average molecular weight is 313 g/mol. The summed E-state index contributed by atoms with van der Waals surface area (Å²) in [5.74, 6) is 1.49. The molecule has 2 aromatic heterocycles. The lowest BCUT2D eigenvalue weighted by Gasteiger charge is -2.26. The molecular weight excluding hydrogens is 294 g/mol. The zero-order valence-electron chi connectivity index (χ0n) is 12.9. The summed E-state index contributed by atoms with van der Waals surface area (Å²) in [5, 5.41) is 11.4. The Morgan fingerprint density at radius 2 is 1.96 bits per heavy atom. The van der Waals surface area contributed by atoms with Crippen molar-refractivity contribution in [3.8, 4) is 0 Å². The quantitative estimate of drug-likeness (QED) is 0.801. The van der Waals surface area contributed by atoms with E-state index in [0.29, 0.717) is 62.0 Å². The fourth-order valence-corrected chi connectivity index (χ4v) is 2.48. The summed E-state index contributed by atoms with van der Waals surface area (Å²) in [6.07, 6.45) is 4.55. The number of carbonyl (C=O) groups excluding carboxylic acids is 1. The van der Waals surface area contributed by atoms with Crippen molar-refractivity contribution in [3.05, 3.63) is 25.3 Å². The van der Waals surface area contributed by atoms with Gasteiger partial charge in [0.15, 0.2) is 17.0 Å². The van der Waals surface area contributed by atoms with Crippen LogP contribution >= 0.6 is 0 Å². The molecule has 1 saturated heterocycles. The number of nitrogens with one attached hydrogen (secondary N) is 1. The summed E-state index contributed by atoms with van der Waals surface area (Å²) in [6.45, 7) is 9.78. The van der Waals surface area contributed by atoms with Crippen LogP contribution in [0.15, 0.2) is 25.3 Å². The smallest absolute Gasteiger partial charge is 0.229 e. The maximum atomic E-state index is 11.4. The topological polar surface area (TPSA) is 88.8 Å². The third-order valence-corrected chi connectivity index (χ3v) is 3.67. The normalized spacial score (nSPS) is 15.0. The number of ketones is 1. The fourth-order valence-electron chi connectivity index (χ4n) is 2.48. The van der Waals surface area contributed by atoms with Crippen LogP contribution in [0.5, 0.6) is 0 Å². The van der Waals surface area contributed by atoms with Gasteiger partial charge in [0.05, 0.1) is 6.54 Å². The van der Waals surface area contributed by atoms with Gasteiger partial charge in [-0.1, -0.05) is 17.4 Å². The molecule has 0 radical (unpaired) electrons. The summed E-state index contributed by atoms with van der Waals surface area (Å²) in [5.41, 5.74) is 1.27. The van der Waals surface area contributed by atoms with Gasteiger partial charge in [-0.2, -0.15) is 9.97 Å². The molecule has 2 aromatic rings. The van der Waals surface area contributed by atoms with Crippen LogP contribution in [0.4, 0.5) is 11.8 Å². The molecule has 8 heteroatoms. The van der Waals surface area contributed by atoms with E-state index in [1.807, 2.05) is 4.90 Å². The maximum absolute atomic E-state index is 11.4. The Morgan fingerprint density at radius 3 is 2.65 bits per heavy atom. The van der Waals surface area contributed by atoms with Gasteiger partial charge in [-0.25, -0.2) is 4.68 Å². The molecule has 0 aliphatic carbocycles. The van der Waals surface area contributed by atoms with Gasteiger partial charge in [0.1, 0.15) is 5.78 Å². The van der Waals surface area contributed by atoms with Crippen molar-refractivity contribution in [1.29, 1.82) is 0 Å². The van der Waals surface area contributed by atoms with E-state index in [-0.39, 0.29) is 5.78 Å². The molecule has 3 rings (SSSR count). The lowest BCUT2D eigenvalue weighted by molar-refractivity contribution is -0.119. The van der Waals surface area contributed by atoms with Crippen molar-refractivity contribution >= 4 is 28.7 Å². The minimum atomic E-state index is 0.283. The average Bonchev–Trinajstić information content (AvgIpc) is 2.97. The molecule has 0 bridgehead atoms. The Hall–Kier alpha value is -2.77. The Bertz CT molecular complexity index is 742. The molecule has 0 aromatic carbocycles. The minimum absolute atomic E-state index is 0.283. The first kappa shape index (κ1) is 15.1. The third kappa shape index (κ3) is 3.05. The number of aromatic nitrogens is 5. The van der Waals surface area contributed by atoms with Crippen molar-refractivity contribution in [2.24, 2.45) is 0 Å². The summed E-state index contributed by atoms with van der Waals surface area (Å²) < 4.78 is 1.68. The van der Waals surface area contributed by atoms with Crippen LogP contribution in [0.25, 0.3) is 11.2 Å². The summed E-state index contributed by atoms with van der Waals surface area (Å²) in [4.78, 5) is 22.6. The second-order valence-electron chi connectivity index (χ2n) is 5.30. The number of anilines is 2. The van der Waals surface area contributed by atoms with Gasteiger partial charge in [0.2, 0.25) is 5.95 Å². The molecule has 0 unspecified atom stereocenters. The molecule has 0 atom stereocenters. The predicted molar refractivity (Wildman–Crippen MR) is 88.5 cm³/mol. The summed E-state index contributed by atoms with van der Waals surface area (Å²) >= 11 is 0. The molecule has 0 amide bonds. The molecule has 120 valence electrons. The number of hydrogen-bond acceptors (Lipinski definition) is 7. The second-order valence-corrected chi connectivity index (χ2v) is 5.30. The minimum Gasteiger partial charge on any atom is -0.365 e. The molecule has 0 spiro atoms. The van der Waals surface area contributed by atoms with Crippen LogP contribution in [-0.2, 0) is 11.3 Å². The SMILES string of the molecule is C=CCNc1nc(N2CCC(=O)CC2)nc2c1nnn2CC=C. The van der Waals surface area contributed by atoms with Gasteiger partial charge in [-0.05, 0) is 0 Å². The molecule has 8 nitrogen and oxygen atoms in total. The predicted octanol–water partition coefficient (Wildman–Crippen LogP) is 1.17. The first-order valence-corrected chi connectivity index (χ1v) is 7.56. The van der Waals surface area contributed by atoms with E-state index >= 15 is 0 Å². The number of carbonyl (C=O) groups is 1. The van der Waals surface area contributed by atoms with Crippen molar-refractivity contribution < 1.29 is 4.79 Å². The number of fused-ring (bicyclic) bond motifs is 1. The van der Waals surface area contributed by atoms with Gasteiger partial charge in [0, 0.05) is 32.5 Å². The molecule has 23 heavy (non-hydrogen) atoms. The Morgan fingerprint density at radius 1 is 1.17 bits per heavy atom. The van der Waals surface area contributed by atoms with Gasteiger partial charge < -0.3 is 10.2 Å². The van der Waals surface area contributed by atoms with Crippen LogP contribution in [0, 0.1) is 0 Å². The number of hydrogen-bond donors (Lipinski definition) is 1. The van der Waals surface area contributed by atoms with E-state index in [0.717, 1.165) is 0 Å². The van der Waals surface area contributed by atoms with Crippen LogP contribution in [-0.4, -0.2) is 50.4 Å². The van der Waals surface area contributed by atoms with E-state index in [1.54, 1.807) is 16.8 Å². The van der Waals surface area contributed by atoms with Crippen molar-refractivity contribution in [2.45, 2.75) is 19.4 Å². The maximum Gasteiger partial charge on any atom is 0.229 e. The first-order chi connectivity index (χ1) is 11.2. The lowest BCUT2D eigenvalue weighted by atomic mass is 10.1. The summed E-state index contributed by atoms with van der Waals surface area (Å²) in [6, 6.07) is 0. The number of allylic oxidation sites excluding steroid dienone is 1. The highest BCUT2D eigenvalue weighted by molar-refractivity contribution is 5.84. The Kier molecular flexibility index (Phi) is 4.31. The number of Topliss-reactive ketones (excluding diaryl/α,β-unsaturated/α-hetero) is 1. The van der Waals surface area contributed by atoms with Gasteiger partial charge >= 0.3 is 0 Å².